The van der Waals surface area contributed by atoms with Gasteiger partial charge in [0.25, 0.3) is 0 Å². The molecule has 0 saturated heterocycles. The largest absolute Gasteiger partial charge is 0.265 e. The number of aromatic nitrogens is 1. The molecule has 1 aromatic heterocycles. The standard InChI is InChI=1S/C6H7N/c1-6-2-4-7-5-3-6/h2-5H,1H3/i1D3,4D,5D. The summed E-state index contributed by atoms with van der Waals surface area (Å²) in [4.78, 5) is 3.43. The second-order valence-corrected chi connectivity index (χ2v) is 1.11. The maximum absolute atomic E-state index is 7.08. The Kier molecular flexibility index (Phi) is 0.325. The zero-order chi connectivity index (χ0) is 9.35. The van der Waals surface area contributed by atoms with Crippen LogP contribution in [0.3, 0.4) is 0 Å². The number of aryl methyl sites for hydroxylation is 1. The molecule has 0 amide bonds. The summed E-state index contributed by atoms with van der Waals surface area (Å²) in [7, 11) is 0. The molecule has 1 nitrogen and oxygen atoms in total. The van der Waals surface area contributed by atoms with Crippen LogP contribution in [0.1, 0.15) is 12.4 Å². The lowest BCUT2D eigenvalue weighted by molar-refractivity contribution is 1.29. The molecule has 0 N–H and O–H groups in total. The van der Waals surface area contributed by atoms with Gasteiger partial charge in [-0.05, 0) is 24.5 Å². The summed E-state index contributed by atoms with van der Waals surface area (Å²) in [5.74, 6) is 0. The maximum atomic E-state index is 7.08. The predicted molar refractivity (Wildman–Crippen MR) is 29.0 cm³/mol. The minimum absolute atomic E-state index is 0.00694. The number of hydrogen-bond acceptors (Lipinski definition) is 1. The van der Waals surface area contributed by atoms with Crippen LogP contribution in [0.4, 0.5) is 0 Å². The van der Waals surface area contributed by atoms with Crippen molar-refractivity contribution in [2.75, 3.05) is 0 Å². The van der Waals surface area contributed by atoms with Gasteiger partial charge in [-0.15, -0.1) is 0 Å². The van der Waals surface area contributed by atoms with E-state index >= 15 is 0 Å². The molecule has 36 valence electrons. The van der Waals surface area contributed by atoms with Gasteiger partial charge in [0.15, 0.2) is 0 Å². The summed E-state index contributed by atoms with van der Waals surface area (Å²) in [5.41, 5.74) is -0.00694. The van der Waals surface area contributed by atoms with E-state index in [-0.39, 0.29) is 17.9 Å². The lowest BCUT2D eigenvalue weighted by atomic mass is 10.3. The zero-order valence-corrected chi connectivity index (χ0v) is 3.60. The Morgan fingerprint density at radius 3 is 3.00 bits per heavy atom. The first-order chi connectivity index (χ1) is 5.39. The van der Waals surface area contributed by atoms with E-state index in [0.717, 1.165) is 12.1 Å². The zero-order valence-electron chi connectivity index (χ0n) is 8.60. The van der Waals surface area contributed by atoms with Crippen LogP contribution in [-0.2, 0) is 0 Å². The summed E-state index contributed by atoms with van der Waals surface area (Å²) in [5, 5.41) is 0. The molecule has 0 atom stereocenters. The highest BCUT2D eigenvalue weighted by Crippen LogP contribution is 1.88. The van der Waals surface area contributed by atoms with Crippen molar-refractivity contribution < 1.29 is 6.85 Å². The second-order valence-electron chi connectivity index (χ2n) is 1.11. The van der Waals surface area contributed by atoms with Gasteiger partial charge in [-0.3, -0.25) is 4.98 Å². The average molecular weight is 98.2 g/mol. The van der Waals surface area contributed by atoms with Crippen molar-refractivity contribution >= 4 is 0 Å². The van der Waals surface area contributed by atoms with Gasteiger partial charge in [0, 0.05) is 16.5 Å². The topological polar surface area (TPSA) is 12.9 Å². The first kappa shape index (κ1) is 1.31. The average Bonchev–Trinajstić information content (AvgIpc) is 1.82. The van der Waals surface area contributed by atoms with E-state index in [1.165, 1.54) is 0 Å². The third-order valence-electron chi connectivity index (χ3n) is 0.569. The third kappa shape index (κ3) is 1.000. The van der Waals surface area contributed by atoms with E-state index in [2.05, 4.69) is 4.98 Å². The van der Waals surface area contributed by atoms with Gasteiger partial charge in [-0.25, -0.2) is 0 Å². The Labute approximate surface area is 50.0 Å². The lowest BCUT2D eigenvalue weighted by Crippen LogP contribution is -1.68. The van der Waals surface area contributed by atoms with Crippen LogP contribution >= 0.6 is 0 Å². The van der Waals surface area contributed by atoms with Crippen LogP contribution < -0.4 is 0 Å². The van der Waals surface area contributed by atoms with Gasteiger partial charge >= 0.3 is 0 Å². The molecule has 0 unspecified atom stereocenters. The number of rotatable bonds is 0. The fraction of sp³-hybridized carbons (Fsp3) is 0.167. The molecule has 0 aliphatic heterocycles. The molecule has 1 heterocycles. The molecule has 0 aliphatic rings. The van der Waals surface area contributed by atoms with E-state index in [1.807, 2.05) is 0 Å². The predicted octanol–water partition coefficient (Wildman–Crippen LogP) is 1.39. The van der Waals surface area contributed by atoms with E-state index in [0.29, 0.717) is 0 Å². The van der Waals surface area contributed by atoms with Gasteiger partial charge in [-0.2, -0.15) is 0 Å². The molecule has 0 aliphatic carbocycles. The molecular formula is C6H7N. The quantitative estimate of drug-likeness (QED) is 0.478. The van der Waals surface area contributed by atoms with E-state index in [9.17, 15) is 0 Å². The van der Waals surface area contributed by atoms with Crippen molar-refractivity contribution in [1.82, 2.24) is 4.98 Å². The van der Waals surface area contributed by atoms with E-state index in [1.54, 1.807) is 0 Å². The molecule has 0 radical (unpaired) electrons. The summed E-state index contributed by atoms with van der Waals surface area (Å²) in [6.07, 6.45) is -0.373. The summed E-state index contributed by atoms with van der Waals surface area (Å²) in [6, 6.07) is 2.29. The van der Waals surface area contributed by atoms with Crippen LogP contribution in [0.5, 0.6) is 0 Å². The third-order valence-corrected chi connectivity index (χ3v) is 0.569. The van der Waals surface area contributed by atoms with Crippen LogP contribution in [0.2, 0.25) is 0 Å². The molecule has 0 bridgehead atoms. The molecule has 0 fully saturated rings. The smallest absolute Gasteiger partial charge is 0.0840 e. The van der Waals surface area contributed by atoms with Crippen LogP contribution in [-0.4, -0.2) is 4.98 Å². The van der Waals surface area contributed by atoms with Crippen molar-refractivity contribution in [1.29, 1.82) is 0 Å². The van der Waals surface area contributed by atoms with Crippen molar-refractivity contribution in [3.05, 3.63) is 30.0 Å². The Morgan fingerprint density at radius 1 is 1.71 bits per heavy atom. The number of nitrogens with zero attached hydrogens (tertiary/aromatic N) is 1. The van der Waals surface area contributed by atoms with Crippen LogP contribution in [0, 0.1) is 6.85 Å². The van der Waals surface area contributed by atoms with Gasteiger partial charge in [-0.1, -0.05) is 0 Å². The van der Waals surface area contributed by atoms with Crippen LogP contribution in [0.15, 0.2) is 24.5 Å². The van der Waals surface area contributed by atoms with Crippen molar-refractivity contribution in [3.63, 3.8) is 0 Å². The normalized spacial score (nSPS) is 20.9. The van der Waals surface area contributed by atoms with Crippen LogP contribution in [0.25, 0.3) is 0 Å². The molecule has 0 saturated carbocycles. The summed E-state index contributed by atoms with van der Waals surface area (Å²) >= 11 is 0. The fourth-order valence-corrected chi connectivity index (χ4v) is 0.283. The monoisotopic (exact) mass is 98.1 g/mol. The van der Waals surface area contributed by atoms with E-state index in [4.69, 9.17) is 6.85 Å². The van der Waals surface area contributed by atoms with Crippen molar-refractivity contribution in [2.45, 2.75) is 6.85 Å². The Balaban J connectivity index is 3.18. The van der Waals surface area contributed by atoms with Gasteiger partial charge in [0.2, 0.25) is 0 Å². The highest BCUT2D eigenvalue weighted by atomic mass is 14.6. The second kappa shape index (κ2) is 1.73. The van der Waals surface area contributed by atoms with Crippen molar-refractivity contribution in [3.8, 4) is 0 Å². The van der Waals surface area contributed by atoms with Crippen molar-refractivity contribution in [2.24, 2.45) is 0 Å². The number of hydrogen-bond donors (Lipinski definition) is 0. The molecule has 1 rings (SSSR count). The Bertz CT molecular complexity index is 272. The Hall–Kier alpha value is -0.850. The first-order valence-corrected chi connectivity index (χ1v) is 1.85. The molecule has 1 heteroatoms. The fourth-order valence-electron chi connectivity index (χ4n) is 0.283. The summed E-state index contributed by atoms with van der Waals surface area (Å²) < 4.78 is 35.2. The lowest BCUT2D eigenvalue weighted by Gasteiger charge is -1.82. The minimum Gasteiger partial charge on any atom is -0.265 e. The highest BCUT2D eigenvalue weighted by Gasteiger charge is 1.72. The molecule has 7 heavy (non-hydrogen) atoms. The minimum atomic E-state index is -2.26. The van der Waals surface area contributed by atoms with E-state index < -0.39 is 6.85 Å². The number of pyridine rings is 1. The Morgan fingerprint density at radius 2 is 2.43 bits per heavy atom. The van der Waals surface area contributed by atoms with Gasteiger partial charge in [0.1, 0.15) is 0 Å². The highest BCUT2D eigenvalue weighted by molar-refractivity contribution is 5.05. The molecule has 0 spiro atoms. The summed E-state index contributed by atoms with van der Waals surface area (Å²) in [6.45, 7) is -2.26. The maximum Gasteiger partial charge on any atom is 0.0840 e. The van der Waals surface area contributed by atoms with Gasteiger partial charge in [0.05, 0.1) is 2.74 Å². The molecule has 1 aromatic rings. The first-order valence-electron chi connectivity index (χ1n) is 4.35. The molecular weight excluding hydrogens is 86.1 g/mol. The SMILES string of the molecule is [2H]c1cc(C([2H])([2H])[2H])cc([2H])n1. The van der Waals surface area contributed by atoms with Gasteiger partial charge < -0.3 is 0 Å². The molecule has 0 aromatic carbocycles.